The molecule has 0 atom stereocenters. The number of amides is 2. The van der Waals surface area contributed by atoms with Gasteiger partial charge in [0, 0.05) is 23.7 Å². The maximum absolute atomic E-state index is 12.6. The maximum Gasteiger partial charge on any atom is 0.257 e. The third kappa shape index (κ3) is 3.22. The summed E-state index contributed by atoms with van der Waals surface area (Å²) < 4.78 is 0. The number of nitrogens with one attached hydrogen (secondary N) is 1. The van der Waals surface area contributed by atoms with Crippen molar-refractivity contribution in [2.45, 2.75) is 19.8 Å². The maximum atomic E-state index is 12.6. The summed E-state index contributed by atoms with van der Waals surface area (Å²) in [6.45, 7) is 2.56. The van der Waals surface area contributed by atoms with Gasteiger partial charge < -0.3 is 10.2 Å². The van der Waals surface area contributed by atoms with Crippen molar-refractivity contribution < 1.29 is 9.59 Å². The summed E-state index contributed by atoms with van der Waals surface area (Å²) in [6, 6.07) is 12.5. The second kappa shape index (κ2) is 6.42. The highest BCUT2D eigenvalue weighted by molar-refractivity contribution is 6.31. The minimum atomic E-state index is -0.250. The summed E-state index contributed by atoms with van der Waals surface area (Å²) in [4.78, 5) is 26.2. The zero-order valence-corrected chi connectivity index (χ0v) is 13.6. The quantitative estimate of drug-likeness (QED) is 0.924. The van der Waals surface area contributed by atoms with Gasteiger partial charge in [-0.1, -0.05) is 29.8 Å². The second-order valence-corrected chi connectivity index (χ2v) is 5.99. The minimum Gasteiger partial charge on any atom is -0.322 e. The molecule has 3 rings (SSSR count). The molecule has 1 heterocycles. The van der Waals surface area contributed by atoms with Crippen molar-refractivity contribution in [3.05, 3.63) is 58.6 Å². The molecule has 0 radical (unpaired) electrons. The number of halogens is 1. The summed E-state index contributed by atoms with van der Waals surface area (Å²) in [7, 11) is 0. The normalized spacial score (nSPS) is 14.2. The van der Waals surface area contributed by atoms with Crippen LogP contribution in [0.4, 0.5) is 11.4 Å². The van der Waals surface area contributed by atoms with E-state index in [9.17, 15) is 9.59 Å². The van der Waals surface area contributed by atoms with Crippen molar-refractivity contribution in [1.29, 1.82) is 0 Å². The van der Waals surface area contributed by atoms with E-state index in [4.69, 9.17) is 11.6 Å². The lowest BCUT2D eigenvalue weighted by Crippen LogP contribution is -2.27. The van der Waals surface area contributed by atoms with Gasteiger partial charge in [0.15, 0.2) is 0 Å². The largest absolute Gasteiger partial charge is 0.322 e. The summed E-state index contributed by atoms with van der Waals surface area (Å²) in [5.41, 5.74) is 2.73. The van der Waals surface area contributed by atoms with Gasteiger partial charge in [-0.3, -0.25) is 9.59 Å². The number of nitrogens with zero attached hydrogens (tertiary/aromatic N) is 1. The van der Waals surface area contributed by atoms with E-state index in [0.717, 1.165) is 12.0 Å². The molecule has 1 aliphatic rings. The molecule has 4 nitrogen and oxygen atoms in total. The van der Waals surface area contributed by atoms with Gasteiger partial charge in [-0.25, -0.2) is 0 Å². The van der Waals surface area contributed by atoms with Crippen LogP contribution in [0.2, 0.25) is 5.02 Å². The summed E-state index contributed by atoms with van der Waals surface area (Å²) in [5, 5.41) is 3.45. The first-order valence-electron chi connectivity index (χ1n) is 7.53. The number of para-hydroxylation sites is 1. The van der Waals surface area contributed by atoms with E-state index in [2.05, 4.69) is 5.32 Å². The van der Waals surface area contributed by atoms with E-state index < -0.39 is 0 Å². The summed E-state index contributed by atoms with van der Waals surface area (Å²) in [5.74, 6) is -0.191. The van der Waals surface area contributed by atoms with Crippen LogP contribution in [-0.4, -0.2) is 18.4 Å². The van der Waals surface area contributed by atoms with E-state index in [1.54, 1.807) is 29.2 Å². The Morgan fingerprint density at radius 1 is 1.22 bits per heavy atom. The first-order valence-corrected chi connectivity index (χ1v) is 7.91. The van der Waals surface area contributed by atoms with Crippen LogP contribution in [0.1, 0.15) is 28.8 Å². The molecular weight excluding hydrogens is 312 g/mol. The number of hydrogen-bond donors (Lipinski definition) is 1. The van der Waals surface area contributed by atoms with Gasteiger partial charge in [0.1, 0.15) is 0 Å². The van der Waals surface area contributed by atoms with Crippen molar-refractivity contribution in [3.63, 3.8) is 0 Å². The van der Waals surface area contributed by atoms with E-state index in [1.807, 2.05) is 25.1 Å². The summed E-state index contributed by atoms with van der Waals surface area (Å²) >= 11 is 6.09. The molecule has 2 aromatic rings. The highest BCUT2D eigenvalue weighted by atomic mass is 35.5. The Morgan fingerprint density at radius 2 is 2.00 bits per heavy atom. The highest BCUT2D eigenvalue weighted by Gasteiger charge is 2.25. The Hall–Kier alpha value is -2.33. The number of carbonyl (C=O) groups excluding carboxylic acids is 2. The van der Waals surface area contributed by atoms with Gasteiger partial charge >= 0.3 is 0 Å². The Balaban J connectivity index is 1.87. The zero-order valence-electron chi connectivity index (χ0n) is 12.8. The number of benzene rings is 2. The molecule has 0 aliphatic carbocycles. The molecule has 0 aromatic heterocycles. The van der Waals surface area contributed by atoms with Crippen molar-refractivity contribution in [1.82, 2.24) is 0 Å². The van der Waals surface area contributed by atoms with Crippen LogP contribution in [0.25, 0.3) is 0 Å². The average molecular weight is 329 g/mol. The first-order chi connectivity index (χ1) is 11.1. The Labute approximate surface area is 140 Å². The molecular formula is C18H17ClN2O2. The SMILES string of the molecule is Cc1ccc(NC(=O)c2ccccc2N2CCCC2=O)cc1Cl. The number of carbonyl (C=O) groups is 2. The molecule has 23 heavy (non-hydrogen) atoms. The molecule has 118 valence electrons. The number of aryl methyl sites for hydroxylation is 1. The van der Waals surface area contributed by atoms with Crippen LogP contribution in [0.15, 0.2) is 42.5 Å². The minimum absolute atomic E-state index is 0.0589. The molecule has 2 aromatic carbocycles. The smallest absolute Gasteiger partial charge is 0.257 e. The number of rotatable bonds is 3. The lowest BCUT2D eigenvalue weighted by molar-refractivity contribution is -0.117. The monoisotopic (exact) mass is 328 g/mol. The second-order valence-electron chi connectivity index (χ2n) is 5.58. The molecule has 0 spiro atoms. The van der Waals surface area contributed by atoms with Crippen LogP contribution < -0.4 is 10.2 Å². The Kier molecular flexibility index (Phi) is 4.35. The van der Waals surface area contributed by atoms with Crippen molar-refractivity contribution in [2.75, 3.05) is 16.8 Å². The van der Waals surface area contributed by atoms with Crippen LogP contribution in [-0.2, 0) is 4.79 Å². The molecule has 0 unspecified atom stereocenters. The van der Waals surface area contributed by atoms with E-state index in [0.29, 0.717) is 34.9 Å². The van der Waals surface area contributed by atoms with E-state index >= 15 is 0 Å². The standard InChI is InChI=1S/C18H17ClN2O2/c1-12-8-9-13(11-15(12)19)20-18(23)14-5-2-3-6-16(14)21-10-4-7-17(21)22/h2-3,5-6,8-9,11H,4,7,10H2,1H3,(H,20,23). The number of hydrogen-bond acceptors (Lipinski definition) is 2. The van der Waals surface area contributed by atoms with Crippen molar-refractivity contribution in [2.24, 2.45) is 0 Å². The molecule has 1 saturated heterocycles. The van der Waals surface area contributed by atoms with Crippen LogP contribution in [0.5, 0.6) is 0 Å². The van der Waals surface area contributed by atoms with Crippen molar-refractivity contribution >= 4 is 34.8 Å². The Morgan fingerprint density at radius 3 is 2.70 bits per heavy atom. The third-order valence-corrected chi connectivity index (χ3v) is 4.35. The van der Waals surface area contributed by atoms with Gasteiger partial charge in [-0.05, 0) is 43.2 Å². The average Bonchev–Trinajstić information content (AvgIpc) is 2.97. The molecule has 0 bridgehead atoms. The first kappa shape index (κ1) is 15.6. The number of anilines is 2. The van der Waals surface area contributed by atoms with Gasteiger partial charge in [0.05, 0.1) is 11.3 Å². The molecule has 0 saturated carbocycles. The van der Waals surface area contributed by atoms with E-state index in [1.165, 1.54) is 0 Å². The van der Waals surface area contributed by atoms with Crippen LogP contribution >= 0.6 is 11.6 Å². The molecule has 1 fully saturated rings. The van der Waals surface area contributed by atoms with Crippen molar-refractivity contribution in [3.8, 4) is 0 Å². The van der Waals surface area contributed by atoms with Crippen LogP contribution in [0, 0.1) is 6.92 Å². The topological polar surface area (TPSA) is 49.4 Å². The van der Waals surface area contributed by atoms with Gasteiger partial charge in [-0.15, -0.1) is 0 Å². The zero-order chi connectivity index (χ0) is 16.4. The third-order valence-electron chi connectivity index (χ3n) is 3.94. The molecule has 1 aliphatic heterocycles. The van der Waals surface area contributed by atoms with Gasteiger partial charge in [0.25, 0.3) is 5.91 Å². The fourth-order valence-corrected chi connectivity index (χ4v) is 2.85. The van der Waals surface area contributed by atoms with Crippen LogP contribution in [0.3, 0.4) is 0 Å². The Bertz CT molecular complexity index is 773. The molecule has 1 N–H and O–H groups in total. The van der Waals surface area contributed by atoms with Gasteiger partial charge in [0.2, 0.25) is 5.91 Å². The van der Waals surface area contributed by atoms with E-state index in [-0.39, 0.29) is 11.8 Å². The van der Waals surface area contributed by atoms with Gasteiger partial charge in [-0.2, -0.15) is 0 Å². The fourth-order valence-electron chi connectivity index (χ4n) is 2.67. The fraction of sp³-hybridized carbons (Fsp3) is 0.222. The predicted molar refractivity (Wildman–Crippen MR) is 92.2 cm³/mol. The summed E-state index contributed by atoms with van der Waals surface area (Å²) in [6.07, 6.45) is 1.35. The lowest BCUT2D eigenvalue weighted by Gasteiger charge is -2.19. The molecule has 2 amide bonds. The molecule has 5 heteroatoms. The lowest BCUT2D eigenvalue weighted by atomic mass is 10.1. The predicted octanol–water partition coefficient (Wildman–Crippen LogP) is 4.03. The highest BCUT2D eigenvalue weighted by Crippen LogP contribution is 2.27.